The van der Waals surface area contributed by atoms with Crippen molar-refractivity contribution < 1.29 is 33.0 Å². The first kappa shape index (κ1) is 27.0. The van der Waals surface area contributed by atoms with E-state index >= 15 is 0 Å². The average molecular weight is 551 g/mol. The number of rotatable bonds is 7. The van der Waals surface area contributed by atoms with Crippen LogP contribution in [0.1, 0.15) is 42.0 Å². The van der Waals surface area contributed by atoms with E-state index in [0.717, 1.165) is 6.07 Å². The van der Waals surface area contributed by atoms with Crippen LogP contribution in [0.15, 0.2) is 65.0 Å². The topological polar surface area (TPSA) is 106 Å². The minimum atomic E-state index is -1.10. The first-order valence-corrected chi connectivity index (χ1v) is 12.8. The monoisotopic (exact) mass is 550 g/mol. The molecule has 0 spiro atoms. The number of aromatic nitrogens is 2. The number of amides is 2. The Labute approximate surface area is 229 Å². The van der Waals surface area contributed by atoms with Crippen molar-refractivity contribution in [2.45, 2.75) is 31.7 Å². The van der Waals surface area contributed by atoms with Crippen molar-refractivity contribution in [1.82, 2.24) is 14.7 Å². The molecule has 2 aliphatic heterocycles. The number of aliphatic imine (C=N–C) groups is 1. The summed E-state index contributed by atoms with van der Waals surface area (Å²) >= 11 is 0. The second-order valence-corrected chi connectivity index (χ2v) is 9.53. The summed E-state index contributed by atoms with van der Waals surface area (Å²) < 4.78 is 40.6. The van der Waals surface area contributed by atoms with Gasteiger partial charge in [-0.15, -0.1) is 0 Å². The Bertz CT molecular complexity index is 1520. The third-order valence-corrected chi connectivity index (χ3v) is 7.31. The van der Waals surface area contributed by atoms with Gasteiger partial charge in [-0.3, -0.25) is 14.3 Å². The lowest BCUT2D eigenvalue weighted by molar-refractivity contribution is -0.129. The van der Waals surface area contributed by atoms with Gasteiger partial charge in [0.1, 0.15) is 40.2 Å². The van der Waals surface area contributed by atoms with Gasteiger partial charge in [0.15, 0.2) is 0 Å². The number of ether oxygens (including phenoxy) is 2. The predicted octanol–water partition coefficient (Wildman–Crippen LogP) is 4.14. The Kier molecular flexibility index (Phi) is 7.38. The second kappa shape index (κ2) is 10.9. The molecule has 3 aromatic rings. The largest absolute Gasteiger partial charge is 0.510 e. The van der Waals surface area contributed by atoms with Gasteiger partial charge in [0.2, 0.25) is 0 Å². The zero-order chi connectivity index (χ0) is 28.6. The van der Waals surface area contributed by atoms with Gasteiger partial charge in [0, 0.05) is 37.8 Å². The number of halogens is 2. The molecule has 11 heteroatoms. The van der Waals surface area contributed by atoms with E-state index in [1.807, 2.05) is 6.92 Å². The van der Waals surface area contributed by atoms with Crippen molar-refractivity contribution in [1.29, 1.82) is 0 Å². The number of allylic oxidation sites excluding steroid dienone is 1. The molecule has 208 valence electrons. The Hall–Kier alpha value is -4.54. The molecule has 2 amide bonds. The van der Waals surface area contributed by atoms with Gasteiger partial charge < -0.3 is 19.5 Å². The summed E-state index contributed by atoms with van der Waals surface area (Å²) in [6.07, 6.45) is 2.13. The van der Waals surface area contributed by atoms with Gasteiger partial charge >= 0.3 is 0 Å². The number of aliphatic hydroxyl groups excluding tert-OH is 1. The molecule has 1 aromatic heterocycles. The molecule has 2 unspecified atom stereocenters. The molecule has 0 bridgehead atoms. The Morgan fingerprint density at radius 3 is 2.48 bits per heavy atom. The highest BCUT2D eigenvalue weighted by Crippen LogP contribution is 2.43. The standard InChI is InChI=1S/C29H28F2N4O5/c1-4-35-13-11-20(33-35)26-24(23-21(39-2)6-5-7-22(23)40-3)27(36)25(28(37)32-26)29(38)34-12-10-16(15-34)18-9-8-17(30)14-19(18)31/h5-9,11,13-14,16,24,36H,4,10,12,15H2,1-3H3. The Balaban J connectivity index is 1.57. The minimum absolute atomic E-state index is 0.0889. The van der Waals surface area contributed by atoms with E-state index in [9.17, 15) is 23.5 Å². The number of carbonyl (C=O) groups excluding carboxylic acids is 2. The molecule has 2 aliphatic rings. The molecule has 9 nitrogen and oxygen atoms in total. The maximum absolute atomic E-state index is 14.4. The summed E-state index contributed by atoms with van der Waals surface area (Å²) in [6, 6.07) is 10.1. The van der Waals surface area contributed by atoms with Crippen molar-refractivity contribution in [3.63, 3.8) is 0 Å². The van der Waals surface area contributed by atoms with E-state index in [-0.39, 0.29) is 24.4 Å². The third-order valence-electron chi connectivity index (χ3n) is 7.31. The summed E-state index contributed by atoms with van der Waals surface area (Å²) in [6.45, 7) is 2.77. The van der Waals surface area contributed by atoms with Crippen molar-refractivity contribution in [2.24, 2.45) is 4.99 Å². The molecule has 2 aromatic carbocycles. The van der Waals surface area contributed by atoms with E-state index in [2.05, 4.69) is 10.1 Å². The number of aliphatic hydroxyl groups is 1. The van der Waals surface area contributed by atoms with Gasteiger partial charge in [-0.1, -0.05) is 12.1 Å². The van der Waals surface area contributed by atoms with Crippen LogP contribution in [0, 0.1) is 11.6 Å². The maximum atomic E-state index is 14.4. The molecule has 0 radical (unpaired) electrons. The summed E-state index contributed by atoms with van der Waals surface area (Å²) in [5.41, 5.74) is 0.659. The molecule has 1 N–H and O–H groups in total. The average Bonchev–Trinajstić information content (AvgIpc) is 3.63. The maximum Gasteiger partial charge on any atom is 0.286 e. The SMILES string of the molecule is CCn1ccc(C2=NC(=O)C(C(=O)N3CCC(c4ccc(F)cc4F)C3)=C(O)C2c2c(OC)cccc2OC)n1. The van der Waals surface area contributed by atoms with Crippen molar-refractivity contribution in [3.8, 4) is 11.5 Å². The van der Waals surface area contributed by atoms with E-state index in [1.54, 1.807) is 35.1 Å². The first-order valence-electron chi connectivity index (χ1n) is 12.8. The molecule has 5 rings (SSSR count). The summed E-state index contributed by atoms with van der Waals surface area (Å²) in [5.74, 6) is -4.32. The number of hydrogen-bond donors (Lipinski definition) is 1. The van der Waals surface area contributed by atoms with Crippen LogP contribution in [-0.4, -0.2) is 64.6 Å². The van der Waals surface area contributed by atoms with Crippen LogP contribution in [0.5, 0.6) is 11.5 Å². The zero-order valence-electron chi connectivity index (χ0n) is 22.2. The molecule has 1 saturated heterocycles. The lowest BCUT2D eigenvalue weighted by Crippen LogP contribution is -2.37. The summed E-state index contributed by atoms with van der Waals surface area (Å²) in [7, 11) is 2.92. The van der Waals surface area contributed by atoms with Crippen LogP contribution in [0.2, 0.25) is 0 Å². The number of hydrogen-bond acceptors (Lipinski definition) is 6. The van der Waals surface area contributed by atoms with E-state index in [1.165, 1.54) is 31.3 Å². The fourth-order valence-electron chi connectivity index (χ4n) is 5.32. The van der Waals surface area contributed by atoms with Gasteiger partial charge in [-0.05, 0) is 43.2 Å². The van der Waals surface area contributed by atoms with Crippen LogP contribution >= 0.6 is 0 Å². The number of dihydropyridines is 1. The van der Waals surface area contributed by atoms with Crippen LogP contribution in [0.25, 0.3) is 0 Å². The van der Waals surface area contributed by atoms with E-state index < -0.39 is 46.6 Å². The molecule has 3 heterocycles. The molecular weight excluding hydrogens is 522 g/mol. The molecule has 0 saturated carbocycles. The Morgan fingerprint density at radius 2 is 1.85 bits per heavy atom. The number of nitrogens with zero attached hydrogens (tertiary/aromatic N) is 4. The fourth-order valence-corrected chi connectivity index (χ4v) is 5.32. The van der Waals surface area contributed by atoms with Gasteiger partial charge in [0.25, 0.3) is 11.8 Å². The van der Waals surface area contributed by atoms with Crippen molar-refractivity contribution in [3.05, 3.63) is 88.4 Å². The highest BCUT2D eigenvalue weighted by Gasteiger charge is 2.43. The van der Waals surface area contributed by atoms with Crippen LogP contribution in [0.4, 0.5) is 8.78 Å². The van der Waals surface area contributed by atoms with E-state index in [4.69, 9.17) is 9.47 Å². The quantitative estimate of drug-likeness (QED) is 0.444. The predicted molar refractivity (Wildman–Crippen MR) is 142 cm³/mol. The highest BCUT2D eigenvalue weighted by molar-refractivity contribution is 6.26. The molecular formula is C29H28F2N4O5. The minimum Gasteiger partial charge on any atom is -0.510 e. The number of aryl methyl sites for hydroxylation is 1. The summed E-state index contributed by atoms with van der Waals surface area (Å²) in [4.78, 5) is 32.7. The fraction of sp³-hybridized carbons (Fsp3) is 0.310. The molecule has 0 aliphatic carbocycles. The first-order chi connectivity index (χ1) is 19.3. The highest BCUT2D eigenvalue weighted by atomic mass is 19.1. The van der Waals surface area contributed by atoms with Gasteiger partial charge in [-0.2, -0.15) is 5.10 Å². The number of carbonyl (C=O) groups is 2. The second-order valence-electron chi connectivity index (χ2n) is 9.53. The summed E-state index contributed by atoms with van der Waals surface area (Å²) in [5, 5.41) is 16.1. The van der Waals surface area contributed by atoms with E-state index in [0.29, 0.717) is 35.7 Å². The van der Waals surface area contributed by atoms with Gasteiger partial charge in [0.05, 0.1) is 31.4 Å². The lowest BCUT2D eigenvalue weighted by Gasteiger charge is -2.28. The molecule has 40 heavy (non-hydrogen) atoms. The van der Waals surface area contributed by atoms with Crippen LogP contribution in [0.3, 0.4) is 0 Å². The third kappa shape index (κ3) is 4.72. The Morgan fingerprint density at radius 1 is 1.12 bits per heavy atom. The van der Waals surface area contributed by atoms with Gasteiger partial charge in [-0.25, -0.2) is 13.8 Å². The number of likely N-dealkylation sites (tertiary alicyclic amines) is 1. The van der Waals surface area contributed by atoms with Crippen molar-refractivity contribution >= 4 is 17.5 Å². The van der Waals surface area contributed by atoms with Crippen LogP contribution in [-0.2, 0) is 16.1 Å². The number of methoxy groups -OCH3 is 2. The zero-order valence-corrected chi connectivity index (χ0v) is 22.2. The van der Waals surface area contributed by atoms with Crippen LogP contribution < -0.4 is 9.47 Å². The lowest BCUT2D eigenvalue weighted by atomic mass is 9.84. The van der Waals surface area contributed by atoms with Crippen molar-refractivity contribution in [2.75, 3.05) is 27.3 Å². The molecule has 1 fully saturated rings. The molecule has 2 atom stereocenters. The normalized spacial score (nSPS) is 19.2. The number of benzene rings is 2. The smallest absolute Gasteiger partial charge is 0.286 e.